The van der Waals surface area contributed by atoms with E-state index in [0.717, 1.165) is 0 Å². The molecule has 2 rings (SSSR count). The Labute approximate surface area is 77.4 Å². The first-order valence-electron chi connectivity index (χ1n) is 4.41. The van der Waals surface area contributed by atoms with Gasteiger partial charge in [0.15, 0.2) is 0 Å². The number of nitrogens with one attached hydrogen (secondary N) is 1. The third-order valence-electron chi connectivity index (χ3n) is 2.36. The first-order chi connectivity index (χ1) is 6.33. The smallest absolute Gasteiger partial charge is 0.0808 e. The van der Waals surface area contributed by atoms with Gasteiger partial charge in [0, 0.05) is 24.0 Å². The van der Waals surface area contributed by atoms with E-state index in [9.17, 15) is 0 Å². The number of aromatic nitrogens is 2. The second-order valence-electron chi connectivity index (χ2n) is 3.12. The molecule has 0 aromatic carbocycles. The summed E-state index contributed by atoms with van der Waals surface area (Å²) in [4.78, 5) is 4.08. The van der Waals surface area contributed by atoms with Gasteiger partial charge in [-0.2, -0.15) is 0 Å². The Kier molecular flexibility index (Phi) is 2.02. The van der Waals surface area contributed by atoms with Crippen molar-refractivity contribution in [3.8, 4) is 0 Å². The van der Waals surface area contributed by atoms with Gasteiger partial charge in [0.05, 0.1) is 11.7 Å². The Morgan fingerprint density at radius 3 is 3.08 bits per heavy atom. The van der Waals surface area contributed by atoms with Crippen LogP contribution < -0.4 is 5.32 Å². The summed E-state index contributed by atoms with van der Waals surface area (Å²) in [6.45, 7) is 2.12. The number of hydrogen-bond acceptors (Lipinski definition) is 2. The molecule has 0 aliphatic carbocycles. The van der Waals surface area contributed by atoms with E-state index in [4.69, 9.17) is 0 Å². The van der Waals surface area contributed by atoms with Crippen LogP contribution in [-0.2, 0) is 0 Å². The van der Waals surface area contributed by atoms with E-state index in [2.05, 4.69) is 34.1 Å². The molecule has 0 spiro atoms. The van der Waals surface area contributed by atoms with Crippen LogP contribution in [0.3, 0.4) is 0 Å². The average molecular weight is 175 g/mol. The molecule has 0 saturated heterocycles. The van der Waals surface area contributed by atoms with Gasteiger partial charge in [-0.15, -0.1) is 0 Å². The highest BCUT2D eigenvalue weighted by Crippen LogP contribution is 2.16. The minimum Gasteiger partial charge on any atom is -0.332 e. The molecule has 2 heterocycles. The molecule has 0 fully saturated rings. The number of fused-ring (bicyclic) bond motifs is 1. The molecule has 1 N–H and O–H groups in total. The van der Waals surface area contributed by atoms with Crippen LogP contribution in [0.1, 0.15) is 13.1 Å². The van der Waals surface area contributed by atoms with E-state index in [-0.39, 0.29) is 0 Å². The van der Waals surface area contributed by atoms with Crippen LogP contribution >= 0.6 is 0 Å². The molecule has 3 heteroatoms. The van der Waals surface area contributed by atoms with Crippen molar-refractivity contribution in [1.29, 1.82) is 0 Å². The number of rotatable bonds is 2. The lowest BCUT2D eigenvalue weighted by atomic mass is 10.3. The van der Waals surface area contributed by atoms with Gasteiger partial charge in [0.2, 0.25) is 0 Å². The van der Waals surface area contributed by atoms with Crippen molar-refractivity contribution < 1.29 is 0 Å². The van der Waals surface area contributed by atoms with E-state index >= 15 is 0 Å². The molecular weight excluding hydrogens is 162 g/mol. The summed E-state index contributed by atoms with van der Waals surface area (Å²) in [7, 11) is 1.96. The molecule has 1 unspecified atom stereocenters. The zero-order valence-electron chi connectivity index (χ0n) is 7.86. The molecular formula is C10H13N3. The summed E-state index contributed by atoms with van der Waals surface area (Å²) in [5.74, 6) is 0. The van der Waals surface area contributed by atoms with Crippen LogP contribution in [-0.4, -0.2) is 16.6 Å². The highest BCUT2D eigenvalue weighted by Gasteiger charge is 2.04. The van der Waals surface area contributed by atoms with Crippen molar-refractivity contribution in [1.82, 2.24) is 14.9 Å². The number of nitrogens with zero attached hydrogens (tertiary/aromatic N) is 2. The van der Waals surface area contributed by atoms with Crippen LogP contribution in [0.15, 0.2) is 30.7 Å². The molecule has 0 radical (unpaired) electrons. The number of hydrogen-bond donors (Lipinski definition) is 1. The highest BCUT2D eigenvalue weighted by molar-refractivity contribution is 5.78. The van der Waals surface area contributed by atoms with E-state index in [1.807, 2.05) is 25.5 Å². The summed E-state index contributed by atoms with van der Waals surface area (Å²) in [5.41, 5.74) is 1.22. The Hall–Kier alpha value is -1.35. The summed E-state index contributed by atoms with van der Waals surface area (Å²) in [6.07, 6.45) is 6.10. The molecule has 0 amide bonds. The SMILES string of the molecule is CNC(C)n1ccc2cnccc21. The lowest BCUT2D eigenvalue weighted by molar-refractivity contribution is 0.492. The predicted octanol–water partition coefficient (Wildman–Crippen LogP) is 1.77. The van der Waals surface area contributed by atoms with Gasteiger partial charge in [0.1, 0.15) is 0 Å². The van der Waals surface area contributed by atoms with E-state index in [1.54, 1.807) is 0 Å². The zero-order valence-corrected chi connectivity index (χ0v) is 7.86. The Balaban J connectivity index is 2.57. The minimum absolute atomic E-state index is 0.319. The van der Waals surface area contributed by atoms with Gasteiger partial charge >= 0.3 is 0 Å². The monoisotopic (exact) mass is 175 g/mol. The van der Waals surface area contributed by atoms with Gasteiger partial charge < -0.3 is 9.88 Å². The van der Waals surface area contributed by atoms with Crippen molar-refractivity contribution in [3.05, 3.63) is 30.7 Å². The van der Waals surface area contributed by atoms with Gasteiger partial charge in [-0.05, 0) is 26.1 Å². The number of pyridine rings is 1. The molecule has 68 valence electrons. The van der Waals surface area contributed by atoms with Crippen molar-refractivity contribution in [2.45, 2.75) is 13.1 Å². The molecule has 2 aromatic rings. The van der Waals surface area contributed by atoms with Crippen LogP contribution in [0.25, 0.3) is 10.9 Å². The quantitative estimate of drug-likeness (QED) is 0.754. The van der Waals surface area contributed by atoms with Crippen LogP contribution in [0.2, 0.25) is 0 Å². The van der Waals surface area contributed by atoms with Crippen LogP contribution in [0.5, 0.6) is 0 Å². The van der Waals surface area contributed by atoms with Crippen molar-refractivity contribution in [2.24, 2.45) is 0 Å². The van der Waals surface area contributed by atoms with E-state index < -0.39 is 0 Å². The highest BCUT2D eigenvalue weighted by atomic mass is 15.1. The van der Waals surface area contributed by atoms with Crippen LogP contribution in [0, 0.1) is 0 Å². The second kappa shape index (κ2) is 3.18. The summed E-state index contributed by atoms with van der Waals surface area (Å²) in [5, 5.41) is 4.39. The third-order valence-corrected chi connectivity index (χ3v) is 2.36. The topological polar surface area (TPSA) is 29.9 Å². The van der Waals surface area contributed by atoms with Crippen molar-refractivity contribution >= 4 is 10.9 Å². The third kappa shape index (κ3) is 1.31. The second-order valence-corrected chi connectivity index (χ2v) is 3.12. The molecule has 3 nitrogen and oxygen atoms in total. The van der Waals surface area contributed by atoms with Gasteiger partial charge in [-0.1, -0.05) is 0 Å². The Morgan fingerprint density at radius 2 is 2.31 bits per heavy atom. The summed E-state index contributed by atoms with van der Waals surface area (Å²) < 4.78 is 2.19. The predicted molar refractivity (Wildman–Crippen MR) is 53.5 cm³/mol. The summed E-state index contributed by atoms with van der Waals surface area (Å²) in [6, 6.07) is 4.11. The lowest BCUT2D eigenvalue weighted by Gasteiger charge is -2.13. The maximum Gasteiger partial charge on any atom is 0.0808 e. The Bertz CT molecular complexity index is 405. The lowest BCUT2D eigenvalue weighted by Crippen LogP contribution is -2.18. The summed E-state index contributed by atoms with van der Waals surface area (Å²) >= 11 is 0. The normalized spacial score (nSPS) is 13.4. The fourth-order valence-electron chi connectivity index (χ4n) is 1.48. The molecule has 0 bridgehead atoms. The average Bonchev–Trinajstić information content (AvgIpc) is 2.60. The molecule has 0 aliphatic heterocycles. The maximum atomic E-state index is 4.08. The first kappa shape index (κ1) is 8.26. The molecule has 0 aliphatic rings. The fraction of sp³-hybridized carbons (Fsp3) is 0.300. The zero-order chi connectivity index (χ0) is 9.26. The van der Waals surface area contributed by atoms with Crippen molar-refractivity contribution in [2.75, 3.05) is 7.05 Å². The fourth-order valence-corrected chi connectivity index (χ4v) is 1.48. The van der Waals surface area contributed by atoms with Gasteiger partial charge in [0.25, 0.3) is 0 Å². The molecule has 0 saturated carbocycles. The van der Waals surface area contributed by atoms with Gasteiger partial charge in [-0.25, -0.2) is 0 Å². The molecule has 13 heavy (non-hydrogen) atoms. The maximum absolute atomic E-state index is 4.08. The van der Waals surface area contributed by atoms with E-state index in [1.165, 1.54) is 10.9 Å². The standard InChI is InChI=1S/C10H13N3/c1-8(11-2)13-6-4-9-7-12-5-3-10(9)13/h3-8,11H,1-2H3. The first-order valence-corrected chi connectivity index (χ1v) is 4.41. The Morgan fingerprint density at radius 1 is 1.46 bits per heavy atom. The van der Waals surface area contributed by atoms with Gasteiger partial charge in [-0.3, -0.25) is 4.98 Å². The molecule has 2 aromatic heterocycles. The van der Waals surface area contributed by atoms with Crippen LogP contribution in [0.4, 0.5) is 0 Å². The van der Waals surface area contributed by atoms with Crippen molar-refractivity contribution in [3.63, 3.8) is 0 Å². The largest absolute Gasteiger partial charge is 0.332 e. The minimum atomic E-state index is 0.319. The molecule has 1 atom stereocenters. The van der Waals surface area contributed by atoms with E-state index in [0.29, 0.717) is 6.17 Å².